The van der Waals surface area contributed by atoms with E-state index in [1.165, 1.54) is 0 Å². The third-order valence-corrected chi connectivity index (χ3v) is 1.63. The zero-order valence-electron chi connectivity index (χ0n) is 7.13. The molecular weight excluding hydrogens is 186 g/mol. The maximum absolute atomic E-state index is 8.84. The van der Waals surface area contributed by atoms with Crippen molar-refractivity contribution >= 4 is 11.6 Å². The minimum atomic E-state index is 0.0205. The number of nitrogens with zero attached hydrogens (tertiary/aromatic N) is 1. The smallest absolute Gasteiger partial charge is 0.113 e. The fourth-order valence-corrected chi connectivity index (χ4v) is 0.936. The van der Waals surface area contributed by atoms with Crippen LogP contribution in [0.2, 0.25) is 0 Å². The molecule has 1 N–H and O–H groups in total. The Bertz CT molecular complexity index is 327. The third kappa shape index (κ3) is 3.45. The topological polar surface area (TPSA) is 33.1 Å². The highest BCUT2D eigenvalue weighted by Gasteiger charge is 1.91. The molecular formula is C10H10ClNO. The summed E-state index contributed by atoms with van der Waals surface area (Å²) >= 11 is 5.46. The first-order valence-electron chi connectivity index (χ1n) is 3.97. The van der Waals surface area contributed by atoms with Crippen LogP contribution < -0.4 is 0 Å². The first-order valence-corrected chi connectivity index (χ1v) is 4.51. The van der Waals surface area contributed by atoms with Crippen LogP contribution in [0.3, 0.4) is 0 Å². The van der Waals surface area contributed by atoms with Crippen molar-refractivity contribution in [1.29, 1.82) is 0 Å². The molecule has 13 heavy (non-hydrogen) atoms. The number of alkyl halides is 1. The first-order chi connectivity index (χ1) is 6.36. The standard InChI is InChI=1S/C10H10ClNO/c11-5-2-1-3-10-7-9(8-13)4-6-12-10/h4,6-7,13H,2,5,8H2. The van der Waals surface area contributed by atoms with Crippen molar-refractivity contribution in [2.24, 2.45) is 0 Å². The van der Waals surface area contributed by atoms with E-state index in [1.807, 2.05) is 0 Å². The summed E-state index contributed by atoms with van der Waals surface area (Å²) in [6, 6.07) is 3.52. The molecule has 2 nitrogen and oxygen atoms in total. The fraction of sp³-hybridized carbons (Fsp3) is 0.300. The monoisotopic (exact) mass is 195 g/mol. The van der Waals surface area contributed by atoms with E-state index in [9.17, 15) is 0 Å². The molecule has 1 rings (SSSR count). The Morgan fingerprint density at radius 3 is 3.08 bits per heavy atom. The fourth-order valence-electron chi connectivity index (χ4n) is 0.841. The van der Waals surface area contributed by atoms with Crippen molar-refractivity contribution in [1.82, 2.24) is 4.98 Å². The molecule has 0 aromatic carbocycles. The second kappa shape index (κ2) is 5.58. The summed E-state index contributed by atoms with van der Waals surface area (Å²) in [5.41, 5.74) is 1.50. The molecule has 68 valence electrons. The van der Waals surface area contributed by atoms with Gasteiger partial charge in [0.25, 0.3) is 0 Å². The van der Waals surface area contributed by atoms with Crippen molar-refractivity contribution < 1.29 is 5.11 Å². The van der Waals surface area contributed by atoms with Gasteiger partial charge in [-0.3, -0.25) is 0 Å². The van der Waals surface area contributed by atoms with Gasteiger partial charge in [0, 0.05) is 18.5 Å². The molecule has 0 bridgehead atoms. The Morgan fingerprint density at radius 1 is 1.54 bits per heavy atom. The summed E-state index contributed by atoms with van der Waals surface area (Å²) in [5.74, 6) is 6.27. The van der Waals surface area contributed by atoms with Gasteiger partial charge in [0.05, 0.1) is 6.61 Å². The van der Waals surface area contributed by atoms with Crippen LogP contribution in [-0.2, 0) is 6.61 Å². The number of halogens is 1. The van der Waals surface area contributed by atoms with Gasteiger partial charge in [0.1, 0.15) is 5.69 Å². The first kappa shape index (κ1) is 10.0. The van der Waals surface area contributed by atoms with Gasteiger partial charge in [-0.2, -0.15) is 0 Å². The lowest BCUT2D eigenvalue weighted by molar-refractivity contribution is 0.281. The highest BCUT2D eigenvalue weighted by Crippen LogP contribution is 1.99. The van der Waals surface area contributed by atoms with Crippen LogP contribution >= 0.6 is 11.6 Å². The van der Waals surface area contributed by atoms with Gasteiger partial charge in [-0.25, -0.2) is 4.98 Å². The maximum atomic E-state index is 8.84. The number of aromatic nitrogens is 1. The van der Waals surface area contributed by atoms with E-state index in [0.717, 1.165) is 5.56 Å². The van der Waals surface area contributed by atoms with Crippen LogP contribution in [0.25, 0.3) is 0 Å². The normalized spacial score (nSPS) is 9.08. The van der Waals surface area contributed by atoms with Crippen LogP contribution in [0, 0.1) is 11.8 Å². The van der Waals surface area contributed by atoms with Crippen molar-refractivity contribution in [2.75, 3.05) is 5.88 Å². The molecule has 0 fully saturated rings. The van der Waals surface area contributed by atoms with Crippen LogP contribution in [0.5, 0.6) is 0 Å². The van der Waals surface area contributed by atoms with Gasteiger partial charge in [-0.1, -0.05) is 5.92 Å². The molecule has 0 radical (unpaired) electrons. The van der Waals surface area contributed by atoms with Crippen molar-refractivity contribution in [2.45, 2.75) is 13.0 Å². The molecule has 3 heteroatoms. The Morgan fingerprint density at radius 2 is 2.38 bits per heavy atom. The lowest BCUT2D eigenvalue weighted by atomic mass is 10.2. The summed E-state index contributed by atoms with van der Waals surface area (Å²) in [7, 11) is 0. The van der Waals surface area contributed by atoms with Gasteiger partial charge >= 0.3 is 0 Å². The Balaban J connectivity index is 2.73. The number of pyridine rings is 1. The van der Waals surface area contributed by atoms with Crippen LogP contribution in [0.4, 0.5) is 0 Å². The molecule has 1 aromatic heterocycles. The molecule has 0 aliphatic carbocycles. The van der Waals surface area contributed by atoms with Crippen LogP contribution in [-0.4, -0.2) is 16.0 Å². The van der Waals surface area contributed by atoms with Gasteiger partial charge in [-0.05, 0) is 23.6 Å². The lowest BCUT2D eigenvalue weighted by Crippen LogP contribution is -1.87. The molecule has 0 unspecified atom stereocenters. The molecule has 0 aliphatic rings. The molecule has 0 saturated carbocycles. The summed E-state index contributed by atoms with van der Waals surface area (Å²) in [4.78, 5) is 4.03. The molecule has 0 spiro atoms. The van der Waals surface area contributed by atoms with E-state index < -0.39 is 0 Å². The molecule has 1 aromatic rings. The molecule has 0 saturated heterocycles. The highest BCUT2D eigenvalue weighted by molar-refractivity contribution is 6.18. The summed E-state index contributed by atoms with van der Waals surface area (Å²) in [6.45, 7) is 0.0205. The van der Waals surface area contributed by atoms with Gasteiger partial charge < -0.3 is 5.11 Å². The van der Waals surface area contributed by atoms with E-state index in [1.54, 1.807) is 18.3 Å². The van der Waals surface area contributed by atoms with Crippen molar-refractivity contribution in [3.63, 3.8) is 0 Å². The third-order valence-electron chi connectivity index (χ3n) is 1.44. The predicted molar refractivity (Wildman–Crippen MR) is 52.4 cm³/mol. The highest BCUT2D eigenvalue weighted by atomic mass is 35.5. The maximum Gasteiger partial charge on any atom is 0.113 e. The number of hydrogen-bond acceptors (Lipinski definition) is 2. The molecule has 0 aliphatic heterocycles. The largest absolute Gasteiger partial charge is 0.392 e. The van der Waals surface area contributed by atoms with Gasteiger partial charge in [0.15, 0.2) is 0 Å². The summed E-state index contributed by atoms with van der Waals surface area (Å²) < 4.78 is 0. The minimum Gasteiger partial charge on any atom is -0.392 e. The second-order valence-electron chi connectivity index (χ2n) is 2.45. The quantitative estimate of drug-likeness (QED) is 0.574. The summed E-state index contributed by atoms with van der Waals surface area (Å²) in [6.07, 6.45) is 2.29. The van der Waals surface area contributed by atoms with Crippen molar-refractivity contribution in [3.8, 4) is 11.8 Å². The van der Waals surface area contributed by atoms with Crippen LogP contribution in [0.15, 0.2) is 18.3 Å². The van der Waals surface area contributed by atoms with Crippen molar-refractivity contribution in [3.05, 3.63) is 29.6 Å². The van der Waals surface area contributed by atoms with E-state index in [2.05, 4.69) is 16.8 Å². The van der Waals surface area contributed by atoms with E-state index in [4.69, 9.17) is 16.7 Å². The Kier molecular flexibility index (Phi) is 4.31. The SMILES string of the molecule is OCc1ccnc(C#CCCCl)c1. The van der Waals surface area contributed by atoms with Gasteiger partial charge in [-0.15, -0.1) is 11.6 Å². The molecule has 0 atom stereocenters. The Hall–Kier alpha value is -1.04. The summed E-state index contributed by atoms with van der Waals surface area (Å²) in [5, 5.41) is 8.84. The number of aliphatic hydroxyl groups excluding tert-OH is 1. The average Bonchev–Trinajstić information content (AvgIpc) is 2.19. The molecule has 1 heterocycles. The van der Waals surface area contributed by atoms with E-state index in [0.29, 0.717) is 18.0 Å². The number of rotatable bonds is 2. The zero-order chi connectivity index (χ0) is 9.52. The van der Waals surface area contributed by atoms with Crippen LogP contribution in [0.1, 0.15) is 17.7 Å². The number of hydrogen-bond donors (Lipinski definition) is 1. The van der Waals surface area contributed by atoms with Gasteiger partial charge in [0.2, 0.25) is 0 Å². The van der Waals surface area contributed by atoms with E-state index >= 15 is 0 Å². The Labute approximate surface area is 82.6 Å². The minimum absolute atomic E-state index is 0.0205. The second-order valence-corrected chi connectivity index (χ2v) is 2.83. The van der Waals surface area contributed by atoms with E-state index in [-0.39, 0.29) is 6.61 Å². The molecule has 0 amide bonds. The lowest BCUT2D eigenvalue weighted by Gasteiger charge is -1.94. The zero-order valence-corrected chi connectivity index (χ0v) is 7.88. The predicted octanol–water partition coefficient (Wildman–Crippen LogP) is 1.55. The number of aliphatic hydroxyl groups is 1. The average molecular weight is 196 g/mol.